The monoisotopic (exact) mass is 190 g/mol. The van der Waals surface area contributed by atoms with E-state index < -0.39 is 0 Å². The van der Waals surface area contributed by atoms with Gasteiger partial charge in [0.05, 0.1) is 6.61 Å². The molecule has 0 heterocycles. The molecule has 0 bridgehead atoms. The van der Waals surface area contributed by atoms with Gasteiger partial charge in [-0.15, -0.1) is 5.92 Å². The fraction of sp³-hybridized carbons (Fsp3) is 0.250. The minimum atomic E-state index is -0.325. The molecule has 0 rings (SSSR count). The molecule has 0 aromatic carbocycles. The van der Waals surface area contributed by atoms with E-state index in [9.17, 15) is 4.79 Å². The molecule has 14 heavy (non-hydrogen) atoms. The summed E-state index contributed by atoms with van der Waals surface area (Å²) in [7, 11) is 0. The summed E-state index contributed by atoms with van der Waals surface area (Å²) < 4.78 is 4.69. The van der Waals surface area contributed by atoms with Crippen LogP contribution in [0.15, 0.2) is 36.5 Å². The van der Waals surface area contributed by atoms with Crippen LogP contribution in [0.5, 0.6) is 0 Å². The van der Waals surface area contributed by atoms with Gasteiger partial charge in [0.25, 0.3) is 0 Å². The summed E-state index contributed by atoms with van der Waals surface area (Å²) in [4.78, 5) is 10.8. The summed E-state index contributed by atoms with van der Waals surface area (Å²) in [5.41, 5.74) is 0. The molecule has 74 valence electrons. The highest BCUT2D eigenvalue weighted by atomic mass is 16.5. The van der Waals surface area contributed by atoms with E-state index in [1.165, 1.54) is 6.08 Å². The van der Waals surface area contributed by atoms with Crippen molar-refractivity contribution in [2.24, 2.45) is 0 Å². The lowest BCUT2D eigenvalue weighted by Crippen LogP contribution is -1.98. The fourth-order valence-electron chi connectivity index (χ4n) is 0.640. The SMILES string of the molecule is CC#C/C=C/C=C/C=C/C(=O)OCC. The lowest BCUT2D eigenvalue weighted by molar-refractivity contribution is -0.137. The van der Waals surface area contributed by atoms with Crippen LogP contribution in [0.25, 0.3) is 0 Å². The lowest BCUT2D eigenvalue weighted by Gasteiger charge is -1.92. The number of hydrogen-bond donors (Lipinski definition) is 0. The van der Waals surface area contributed by atoms with Gasteiger partial charge in [-0.2, -0.15) is 0 Å². The van der Waals surface area contributed by atoms with Gasteiger partial charge in [0.1, 0.15) is 0 Å². The first-order valence-corrected chi connectivity index (χ1v) is 4.40. The molecular formula is C12H14O2. The average molecular weight is 190 g/mol. The molecule has 0 saturated carbocycles. The van der Waals surface area contributed by atoms with Gasteiger partial charge in [-0.05, 0) is 19.9 Å². The van der Waals surface area contributed by atoms with E-state index in [0.29, 0.717) is 6.61 Å². The van der Waals surface area contributed by atoms with E-state index in [0.717, 1.165) is 0 Å². The molecule has 0 aliphatic rings. The Morgan fingerprint density at radius 2 is 2.00 bits per heavy atom. The van der Waals surface area contributed by atoms with E-state index >= 15 is 0 Å². The van der Waals surface area contributed by atoms with Gasteiger partial charge < -0.3 is 4.74 Å². The smallest absolute Gasteiger partial charge is 0.330 e. The van der Waals surface area contributed by atoms with Crippen LogP contribution in [0.3, 0.4) is 0 Å². The standard InChI is InChI=1S/C12H14O2/c1-3-5-6-7-8-9-10-11-12(13)14-4-2/h6-11H,4H2,1-2H3/b7-6+,9-8+,11-10+. The zero-order valence-electron chi connectivity index (χ0n) is 8.49. The van der Waals surface area contributed by atoms with Crippen molar-refractivity contribution in [1.82, 2.24) is 0 Å². The number of hydrogen-bond acceptors (Lipinski definition) is 2. The van der Waals surface area contributed by atoms with Gasteiger partial charge in [-0.1, -0.05) is 30.2 Å². The molecule has 0 aliphatic carbocycles. The first-order valence-electron chi connectivity index (χ1n) is 4.40. The van der Waals surface area contributed by atoms with Crippen molar-refractivity contribution in [2.75, 3.05) is 6.61 Å². The third-order valence-corrected chi connectivity index (χ3v) is 1.18. The fourth-order valence-corrected chi connectivity index (χ4v) is 0.640. The molecule has 0 saturated heterocycles. The van der Waals surface area contributed by atoms with Crippen molar-refractivity contribution in [1.29, 1.82) is 0 Å². The van der Waals surface area contributed by atoms with Crippen LogP contribution >= 0.6 is 0 Å². The van der Waals surface area contributed by atoms with Crippen molar-refractivity contribution >= 4 is 5.97 Å². The number of carbonyl (C=O) groups is 1. The quantitative estimate of drug-likeness (QED) is 0.294. The van der Waals surface area contributed by atoms with Gasteiger partial charge in [-0.3, -0.25) is 0 Å². The first kappa shape index (κ1) is 12.2. The molecule has 0 fully saturated rings. The topological polar surface area (TPSA) is 26.3 Å². The van der Waals surface area contributed by atoms with Crippen LogP contribution in [-0.4, -0.2) is 12.6 Å². The van der Waals surface area contributed by atoms with Crippen LogP contribution in [-0.2, 0) is 9.53 Å². The number of allylic oxidation sites excluding steroid dienone is 5. The summed E-state index contributed by atoms with van der Waals surface area (Å²) >= 11 is 0. The molecule has 0 aromatic heterocycles. The molecule has 2 heteroatoms. The summed E-state index contributed by atoms with van der Waals surface area (Å²) in [6, 6.07) is 0. The summed E-state index contributed by atoms with van der Waals surface area (Å²) in [6.45, 7) is 3.95. The molecule has 0 atom stereocenters. The second kappa shape index (κ2) is 9.34. The van der Waals surface area contributed by atoms with E-state index in [-0.39, 0.29) is 5.97 Å². The van der Waals surface area contributed by atoms with Crippen LogP contribution in [0.1, 0.15) is 13.8 Å². The van der Waals surface area contributed by atoms with E-state index in [1.54, 1.807) is 44.2 Å². The van der Waals surface area contributed by atoms with Gasteiger partial charge in [0.15, 0.2) is 0 Å². The molecule has 0 radical (unpaired) electrons. The van der Waals surface area contributed by atoms with E-state index in [4.69, 9.17) is 0 Å². The zero-order valence-corrected chi connectivity index (χ0v) is 8.49. The second-order valence-corrected chi connectivity index (χ2v) is 2.25. The Morgan fingerprint density at radius 1 is 1.29 bits per heavy atom. The van der Waals surface area contributed by atoms with Gasteiger partial charge in [-0.25, -0.2) is 4.79 Å². The van der Waals surface area contributed by atoms with Crippen molar-refractivity contribution in [2.45, 2.75) is 13.8 Å². The van der Waals surface area contributed by atoms with E-state index in [1.807, 2.05) is 0 Å². The number of ether oxygens (including phenoxy) is 1. The number of carbonyl (C=O) groups excluding carboxylic acids is 1. The summed E-state index contributed by atoms with van der Waals surface area (Å²) in [6.07, 6.45) is 10.1. The molecule has 0 aromatic rings. The van der Waals surface area contributed by atoms with Crippen LogP contribution in [0.4, 0.5) is 0 Å². The van der Waals surface area contributed by atoms with Crippen molar-refractivity contribution in [3.05, 3.63) is 36.5 Å². The van der Waals surface area contributed by atoms with Gasteiger partial charge in [0, 0.05) is 6.08 Å². The van der Waals surface area contributed by atoms with Crippen molar-refractivity contribution in [3.8, 4) is 11.8 Å². The highest BCUT2D eigenvalue weighted by molar-refractivity contribution is 5.82. The molecule has 0 aliphatic heterocycles. The Morgan fingerprint density at radius 3 is 2.64 bits per heavy atom. The Bertz CT molecular complexity index is 298. The average Bonchev–Trinajstić information content (AvgIpc) is 2.17. The third kappa shape index (κ3) is 8.35. The Kier molecular flexibility index (Phi) is 8.17. The van der Waals surface area contributed by atoms with Crippen molar-refractivity contribution in [3.63, 3.8) is 0 Å². The molecular weight excluding hydrogens is 176 g/mol. The first-order chi connectivity index (χ1) is 6.81. The molecule has 0 N–H and O–H groups in total. The second-order valence-electron chi connectivity index (χ2n) is 2.25. The predicted octanol–water partition coefficient (Wildman–Crippen LogP) is 2.24. The Labute approximate surface area is 85.0 Å². The predicted molar refractivity (Wildman–Crippen MR) is 57.5 cm³/mol. The Hall–Kier alpha value is -1.75. The molecule has 0 unspecified atom stereocenters. The maximum atomic E-state index is 10.8. The maximum absolute atomic E-state index is 10.8. The highest BCUT2D eigenvalue weighted by Crippen LogP contribution is 1.83. The highest BCUT2D eigenvalue weighted by Gasteiger charge is 1.89. The molecule has 0 spiro atoms. The Balaban J connectivity index is 3.79. The van der Waals surface area contributed by atoms with Gasteiger partial charge >= 0.3 is 5.97 Å². The zero-order chi connectivity index (χ0) is 10.6. The van der Waals surface area contributed by atoms with Crippen LogP contribution in [0.2, 0.25) is 0 Å². The minimum Gasteiger partial charge on any atom is -0.463 e. The number of esters is 1. The third-order valence-electron chi connectivity index (χ3n) is 1.18. The normalized spacial score (nSPS) is 10.7. The van der Waals surface area contributed by atoms with Crippen LogP contribution < -0.4 is 0 Å². The number of rotatable bonds is 4. The summed E-state index contributed by atoms with van der Waals surface area (Å²) in [5.74, 6) is 5.18. The van der Waals surface area contributed by atoms with Crippen molar-refractivity contribution < 1.29 is 9.53 Å². The van der Waals surface area contributed by atoms with Crippen LogP contribution in [0, 0.1) is 11.8 Å². The maximum Gasteiger partial charge on any atom is 0.330 e. The minimum absolute atomic E-state index is 0.325. The molecule has 0 amide bonds. The van der Waals surface area contributed by atoms with Gasteiger partial charge in [0.2, 0.25) is 0 Å². The largest absolute Gasteiger partial charge is 0.463 e. The molecule has 2 nitrogen and oxygen atoms in total. The summed E-state index contributed by atoms with van der Waals surface area (Å²) in [5, 5.41) is 0. The lowest BCUT2D eigenvalue weighted by atomic mass is 10.4. The van der Waals surface area contributed by atoms with E-state index in [2.05, 4.69) is 16.6 Å².